The number of ether oxygens (including phenoxy) is 1. The first-order chi connectivity index (χ1) is 6.38. The molecule has 0 radical (unpaired) electrons. The Labute approximate surface area is 84.6 Å². The third kappa shape index (κ3) is 1.93. The van der Waals surface area contributed by atoms with Gasteiger partial charge in [-0.2, -0.15) is 0 Å². The van der Waals surface area contributed by atoms with Gasteiger partial charge in [0.15, 0.2) is 0 Å². The normalized spacial score (nSPS) is 11.4. The van der Waals surface area contributed by atoms with Gasteiger partial charge in [-0.3, -0.25) is 0 Å². The Balaban J connectivity index is 3.44. The van der Waals surface area contributed by atoms with Crippen molar-refractivity contribution in [2.24, 2.45) is 0 Å². The van der Waals surface area contributed by atoms with Crippen LogP contribution in [-0.4, -0.2) is 20.4 Å². The van der Waals surface area contributed by atoms with E-state index in [1.54, 1.807) is 26.5 Å². The fraction of sp³-hybridized carbons (Fsp3) is 0.400. The molecular weight excluding hydrogens is 197 g/mol. The highest BCUT2D eigenvalue weighted by molar-refractivity contribution is 7.70. The molecule has 0 atom stereocenters. The van der Waals surface area contributed by atoms with E-state index < -0.39 is 7.14 Å². The van der Waals surface area contributed by atoms with Crippen molar-refractivity contribution in [1.29, 1.82) is 0 Å². The standard InChI is InChI=1S/C10H16NO2P/c1-7-9(14(3,4)12)6-5-8(11)10(7)13-2/h5-6H,11H2,1-4H3. The van der Waals surface area contributed by atoms with Crippen molar-refractivity contribution in [3.8, 4) is 5.75 Å². The van der Waals surface area contributed by atoms with Crippen LogP contribution < -0.4 is 15.8 Å². The maximum Gasteiger partial charge on any atom is 0.145 e. The summed E-state index contributed by atoms with van der Waals surface area (Å²) >= 11 is 0. The van der Waals surface area contributed by atoms with E-state index >= 15 is 0 Å². The van der Waals surface area contributed by atoms with Crippen molar-refractivity contribution in [2.45, 2.75) is 6.92 Å². The number of anilines is 1. The Morgan fingerprint density at radius 1 is 1.36 bits per heavy atom. The monoisotopic (exact) mass is 213 g/mol. The van der Waals surface area contributed by atoms with Crippen LogP contribution in [0.1, 0.15) is 5.56 Å². The quantitative estimate of drug-likeness (QED) is 0.602. The lowest BCUT2D eigenvalue weighted by atomic mass is 10.2. The molecule has 0 aliphatic heterocycles. The number of nitrogens with two attached hydrogens (primary N) is 1. The predicted molar refractivity (Wildman–Crippen MR) is 61.2 cm³/mol. The molecule has 0 saturated heterocycles. The molecule has 0 fully saturated rings. The minimum absolute atomic E-state index is 0.585. The second kappa shape index (κ2) is 3.66. The van der Waals surface area contributed by atoms with E-state index in [-0.39, 0.29) is 0 Å². The summed E-state index contributed by atoms with van der Waals surface area (Å²) in [5, 5.41) is 0.837. The first kappa shape index (κ1) is 11.1. The van der Waals surface area contributed by atoms with Gasteiger partial charge in [0, 0.05) is 10.9 Å². The molecule has 0 spiro atoms. The third-order valence-corrected chi connectivity index (χ3v) is 3.84. The van der Waals surface area contributed by atoms with Gasteiger partial charge in [-0.25, -0.2) is 0 Å². The molecule has 1 aromatic carbocycles. The van der Waals surface area contributed by atoms with Crippen LogP contribution in [0.25, 0.3) is 0 Å². The molecule has 78 valence electrons. The SMILES string of the molecule is COc1c(N)ccc(P(C)(C)=O)c1C. The van der Waals surface area contributed by atoms with Gasteiger partial charge in [-0.15, -0.1) is 0 Å². The molecule has 0 heterocycles. The molecule has 3 nitrogen and oxygen atoms in total. The summed E-state index contributed by atoms with van der Waals surface area (Å²) in [5.74, 6) is 0.631. The average Bonchev–Trinajstić information content (AvgIpc) is 2.02. The second-order valence-electron chi connectivity index (χ2n) is 3.68. The van der Waals surface area contributed by atoms with Crippen LogP contribution in [0.15, 0.2) is 12.1 Å². The fourth-order valence-corrected chi connectivity index (χ4v) is 2.90. The van der Waals surface area contributed by atoms with Crippen molar-refractivity contribution < 1.29 is 9.30 Å². The molecule has 0 bridgehead atoms. The van der Waals surface area contributed by atoms with Crippen molar-refractivity contribution in [3.05, 3.63) is 17.7 Å². The molecule has 1 rings (SSSR count). The van der Waals surface area contributed by atoms with Gasteiger partial charge in [0.2, 0.25) is 0 Å². The van der Waals surface area contributed by atoms with Crippen LogP contribution in [0.3, 0.4) is 0 Å². The molecule has 0 aromatic heterocycles. The zero-order valence-corrected chi connectivity index (χ0v) is 9.89. The molecule has 0 amide bonds. The van der Waals surface area contributed by atoms with E-state index in [9.17, 15) is 4.57 Å². The highest BCUT2D eigenvalue weighted by Crippen LogP contribution is 2.39. The first-order valence-electron chi connectivity index (χ1n) is 4.36. The summed E-state index contributed by atoms with van der Waals surface area (Å²) < 4.78 is 17.1. The molecule has 0 aliphatic carbocycles. The van der Waals surface area contributed by atoms with Gasteiger partial charge in [-0.05, 0) is 32.4 Å². The van der Waals surface area contributed by atoms with E-state index in [4.69, 9.17) is 10.5 Å². The van der Waals surface area contributed by atoms with Gasteiger partial charge in [0.05, 0.1) is 12.8 Å². The van der Waals surface area contributed by atoms with Crippen molar-refractivity contribution in [3.63, 3.8) is 0 Å². The van der Waals surface area contributed by atoms with Crippen LogP contribution >= 0.6 is 7.14 Å². The van der Waals surface area contributed by atoms with Gasteiger partial charge in [-0.1, -0.05) is 0 Å². The zero-order valence-electron chi connectivity index (χ0n) is 9.00. The van der Waals surface area contributed by atoms with Crippen molar-refractivity contribution >= 4 is 18.1 Å². The maximum absolute atomic E-state index is 11.9. The fourth-order valence-electron chi connectivity index (χ4n) is 1.56. The Hall–Kier alpha value is -0.950. The summed E-state index contributed by atoms with van der Waals surface area (Å²) in [6.45, 7) is 5.36. The third-order valence-electron chi connectivity index (χ3n) is 2.19. The molecule has 0 saturated carbocycles. The number of rotatable bonds is 2. The lowest BCUT2D eigenvalue weighted by molar-refractivity contribution is 0.414. The number of nitrogen functional groups attached to an aromatic ring is 1. The molecule has 0 unspecified atom stereocenters. The lowest BCUT2D eigenvalue weighted by Crippen LogP contribution is -2.10. The minimum Gasteiger partial charge on any atom is -0.494 e. The number of benzene rings is 1. The van der Waals surface area contributed by atoms with Gasteiger partial charge in [0.25, 0.3) is 0 Å². The smallest absolute Gasteiger partial charge is 0.145 e. The number of hydrogen-bond acceptors (Lipinski definition) is 3. The van der Waals surface area contributed by atoms with Crippen molar-refractivity contribution in [1.82, 2.24) is 0 Å². The number of hydrogen-bond donors (Lipinski definition) is 1. The van der Waals surface area contributed by atoms with Crippen LogP contribution in [0.5, 0.6) is 5.75 Å². The summed E-state index contributed by atoms with van der Waals surface area (Å²) in [5.41, 5.74) is 7.19. The Morgan fingerprint density at radius 2 is 1.93 bits per heavy atom. The van der Waals surface area contributed by atoms with Gasteiger partial charge < -0.3 is 15.0 Å². The summed E-state index contributed by atoms with van der Waals surface area (Å²) in [7, 11) is -0.683. The predicted octanol–water partition coefficient (Wildman–Crippen LogP) is 1.83. The highest BCUT2D eigenvalue weighted by atomic mass is 31.2. The molecule has 0 aliphatic rings. The lowest BCUT2D eigenvalue weighted by Gasteiger charge is -2.15. The Bertz CT molecular complexity index is 395. The van der Waals surface area contributed by atoms with Gasteiger partial charge in [0.1, 0.15) is 12.9 Å². The average molecular weight is 213 g/mol. The van der Waals surface area contributed by atoms with Crippen LogP contribution in [0, 0.1) is 6.92 Å². The van der Waals surface area contributed by atoms with E-state index in [2.05, 4.69) is 0 Å². The van der Waals surface area contributed by atoms with Crippen LogP contribution in [0.2, 0.25) is 0 Å². The molecule has 2 N–H and O–H groups in total. The minimum atomic E-state index is -2.25. The molecule has 14 heavy (non-hydrogen) atoms. The molecular formula is C10H16NO2P. The second-order valence-corrected chi connectivity index (χ2v) is 6.87. The largest absolute Gasteiger partial charge is 0.494 e. The van der Waals surface area contributed by atoms with E-state index in [0.717, 1.165) is 10.9 Å². The topological polar surface area (TPSA) is 52.3 Å². The van der Waals surface area contributed by atoms with Crippen LogP contribution in [-0.2, 0) is 4.57 Å². The molecule has 1 aromatic rings. The Morgan fingerprint density at radius 3 is 2.36 bits per heavy atom. The zero-order chi connectivity index (χ0) is 10.9. The maximum atomic E-state index is 11.9. The van der Waals surface area contributed by atoms with E-state index in [0.29, 0.717) is 11.4 Å². The summed E-state index contributed by atoms with van der Waals surface area (Å²) in [6.07, 6.45) is 0. The Kier molecular flexibility index (Phi) is 2.91. The number of methoxy groups -OCH3 is 1. The highest BCUT2D eigenvalue weighted by Gasteiger charge is 2.17. The summed E-state index contributed by atoms with van der Waals surface area (Å²) in [4.78, 5) is 0. The van der Waals surface area contributed by atoms with Crippen molar-refractivity contribution in [2.75, 3.05) is 26.2 Å². The summed E-state index contributed by atoms with van der Waals surface area (Å²) in [6, 6.07) is 3.55. The van der Waals surface area contributed by atoms with E-state index in [1.807, 2.05) is 13.0 Å². The van der Waals surface area contributed by atoms with Crippen LogP contribution in [0.4, 0.5) is 5.69 Å². The molecule has 4 heteroatoms. The first-order valence-corrected chi connectivity index (χ1v) is 6.96. The van der Waals surface area contributed by atoms with Gasteiger partial charge >= 0.3 is 0 Å². The van der Waals surface area contributed by atoms with E-state index in [1.165, 1.54) is 0 Å².